The Morgan fingerprint density at radius 3 is 3.00 bits per heavy atom. The smallest absolute Gasteiger partial charge is 0.132 e. The van der Waals surface area contributed by atoms with Crippen LogP contribution in [0.2, 0.25) is 0 Å². The molecule has 2 rings (SSSR count). The number of nitrogens with one attached hydrogen (secondary N) is 1. The largest absolute Gasteiger partial charge is 0.345 e. The fourth-order valence-corrected chi connectivity index (χ4v) is 2.28. The topological polar surface area (TPSA) is 52.5 Å². The summed E-state index contributed by atoms with van der Waals surface area (Å²) in [6, 6.07) is 5.83. The van der Waals surface area contributed by atoms with Crippen LogP contribution >= 0.6 is 23.6 Å². The molecule has 0 aliphatic rings. The van der Waals surface area contributed by atoms with Crippen molar-refractivity contribution in [2.75, 3.05) is 0 Å². The zero-order chi connectivity index (χ0) is 10.8. The minimum Gasteiger partial charge on any atom is -0.345 e. The van der Waals surface area contributed by atoms with Gasteiger partial charge in [0.05, 0.1) is 16.9 Å². The van der Waals surface area contributed by atoms with Gasteiger partial charge in [-0.05, 0) is 19.1 Å². The number of aromatic nitrogens is 2. The molecule has 2 aromatic rings. The van der Waals surface area contributed by atoms with Crippen molar-refractivity contribution in [1.82, 2.24) is 9.97 Å². The Balaban J connectivity index is 2.60. The van der Waals surface area contributed by atoms with E-state index in [2.05, 4.69) is 16.0 Å². The lowest BCUT2D eigenvalue weighted by Gasteiger charge is -2.01. The van der Waals surface area contributed by atoms with E-state index in [4.69, 9.17) is 17.5 Å². The lowest BCUT2D eigenvalue weighted by atomic mass is 10.2. The Kier molecular flexibility index (Phi) is 2.62. The van der Waals surface area contributed by atoms with Crippen LogP contribution in [0.3, 0.4) is 0 Å². The van der Waals surface area contributed by atoms with Crippen molar-refractivity contribution < 1.29 is 0 Å². The normalized spacial score (nSPS) is 9.87. The molecule has 0 amide bonds. The average molecular weight is 233 g/mol. The summed E-state index contributed by atoms with van der Waals surface area (Å²) in [7, 11) is 0. The average Bonchev–Trinajstić information content (AvgIpc) is 2.70. The van der Waals surface area contributed by atoms with E-state index in [1.807, 2.05) is 13.0 Å². The number of hydrogen-bond donors (Lipinski definition) is 1. The molecule has 0 atom stereocenters. The summed E-state index contributed by atoms with van der Waals surface area (Å²) in [4.78, 5) is 8.75. The summed E-state index contributed by atoms with van der Waals surface area (Å²) in [6.07, 6.45) is 1.58. The molecular weight excluding hydrogens is 226 g/mol. The summed E-state index contributed by atoms with van der Waals surface area (Å²) in [6.45, 7) is 1.92. The number of nitrogens with zero attached hydrogens (tertiary/aromatic N) is 2. The highest BCUT2D eigenvalue weighted by Crippen LogP contribution is 2.28. The van der Waals surface area contributed by atoms with Crippen LogP contribution in [-0.2, 0) is 0 Å². The first-order valence-corrected chi connectivity index (χ1v) is 5.49. The number of rotatable bonds is 1. The van der Waals surface area contributed by atoms with Crippen LogP contribution in [0.4, 0.5) is 0 Å². The molecule has 0 unspecified atom stereocenters. The maximum absolute atomic E-state index is 8.74. The van der Waals surface area contributed by atoms with E-state index < -0.39 is 0 Å². The van der Waals surface area contributed by atoms with Crippen molar-refractivity contribution in [3.05, 3.63) is 33.5 Å². The van der Waals surface area contributed by atoms with Crippen molar-refractivity contribution in [3.63, 3.8) is 0 Å². The monoisotopic (exact) mass is 233 g/mol. The van der Waals surface area contributed by atoms with E-state index in [1.165, 1.54) is 11.3 Å². The first-order valence-electron chi connectivity index (χ1n) is 4.27. The lowest BCUT2D eigenvalue weighted by Crippen LogP contribution is -1.89. The van der Waals surface area contributed by atoms with Gasteiger partial charge in [0.1, 0.15) is 15.6 Å². The van der Waals surface area contributed by atoms with Gasteiger partial charge in [0.25, 0.3) is 0 Å². The number of thiophene rings is 1. The van der Waals surface area contributed by atoms with Crippen molar-refractivity contribution in [1.29, 1.82) is 5.26 Å². The van der Waals surface area contributed by atoms with Crippen LogP contribution in [0.1, 0.15) is 10.4 Å². The van der Waals surface area contributed by atoms with Gasteiger partial charge in [0.15, 0.2) is 0 Å². The lowest BCUT2D eigenvalue weighted by molar-refractivity contribution is 1.12. The van der Waals surface area contributed by atoms with Gasteiger partial charge >= 0.3 is 0 Å². The molecular formula is C10H7N3S2. The summed E-state index contributed by atoms with van der Waals surface area (Å²) >= 11 is 6.53. The molecule has 0 fully saturated rings. The number of hydrogen-bond acceptors (Lipinski definition) is 4. The Morgan fingerprint density at radius 2 is 2.33 bits per heavy atom. The summed E-state index contributed by atoms with van der Waals surface area (Å²) in [5, 5.41) is 8.74. The highest BCUT2D eigenvalue weighted by molar-refractivity contribution is 7.71. The molecule has 0 radical (unpaired) electrons. The van der Waals surface area contributed by atoms with E-state index in [1.54, 1.807) is 12.4 Å². The van der Waals surface area contributed by atoms with Crippen LogP contribution < -0.4 is 0 Å². The fourth-order valence-electron chi connectivity index (χ4n) is 1.26. The number of nitriles is 1. The van der Waals surface area contributed by atoms with Gasteiger partial charge < -0.3 is 4.98 Å². The van der Waals surface area contributed by atoms with Crippen LogP contribution in [0, 0.1) is 22.9 Å². The van der Waals surface area contributed by atoms with Crippen molar-refractivity contribution in [2.45, 2.75) is 6.92 Å². The highest BCUT2D eigenvalue weighted by atomic mass is 32.1. The molecule has 0 aliphatic carbocycles. The molecule has 2 heterocycles. The van der Waals surface area contributed by atoms with Gasteiger partial charge in [0.2, 0.25) is 0 Å². The Bertz CT molecular complexity index is 589. The second kappa shape index (κ2) is 3.93. The van der Waals surface area contributed by atoms with Gasteiger partial charge in [-0.2, -0.15) is 5.26 Å². The quantitative estimate of drug-likeness (QED) is 0.770. The molecule has 2 aromatic heterocycles. The summed E-state index contributed by atoms with van der Waals surface area (Å²) < 4.78 is 0.593. The second-order valence-electron chi connectivity index (χ2n) is 2.98. The summed E-state index contributed by atoms with van der Waals surface area (Å²) in [5.74, 6) is 0. The first-order chi connectivity index (χ1) is 7.22. The molecule has 1 N–H and O–H groups in total. The third kappa shape index (κ3) is 1.82. The van der Waals surface area contributed by atoms with Crippen molar-refractivity contribution >= 4 is 23.6 Å². The van der Waals surface area contributed by atoms with Gasteiger partial charge in [-0.1, -0.05) is 12.2 Å². The highest BCUT2D eigenvalue weighted by Gasteiger charge is 2.06. The molecule has 15 heavy (non-hydrogen) atoms. The SMILES string of the molecule is Cc1c(-c2ccc(C#N)s2)[nH]cnc1=S. The van der Waals surface area contributed by atoms with Gasteiger partial charge in [-0.15, -0.1) is 11.3 Å². The number of H-pyrrole nitrogens is 1. The predicted octanol–water partition coefficient (Wildman–Crippen LogP) is 3.05. The Morgan fingerprint density at radius 1 is 1.53 bits per heavy atom. The van der Waals surface area contributed by atoms with Crippen molar-refractivity contribution in [3.8, 4) is 16.6 Å². The molecule has 0 saturated heterocycles. The molecule has 5 heteroatoms. The molecule has 0 aliphatic heterocycles. The fraction of sp³-hybridized carbons (Fsp3) is 0.100. The van der Waals surface area contributed by atoms with Crippen LogP contribution in [0.5, 0.6) is 0 Å². The van der Waals surface area contributed by atoms with Crippen LogP contribution in [-0.4, -0.2) is 9.97 Å². The Hall–Kier alpha value is -1.51. The first kappa shape index (κ1) is 10.0. The van der Waals surface area contributed by atoms with E-state index in [-0.39, 0.29) is 0 Å². The zero-order valence-corrected chi connectivity index (χ0v) is 9.58. The van der Waals surface area contributed by atoms with Gasteiger partial charge in [0, 0.05) is 5.56 Å². The van der Waals surface area contributed by atoms with E-state index in [0.717, 1.165) is 16.1 Å². The maximum Gasteiger partial charge on any atom is 0.132 e. The number of aromatic amines is 1. The van der Waals surface area contributed by atoms with E-state index in [9.17, 15) is 0 Å². The third-order valence-corrected chi connectivity index (χ3v) is 3.47. The third-order valence-electron chi connectivity index (χ3n) is 2.05. The zero-order valence-electron chi connectivity index (χ0n) is 7.94. The molecule has 74 valence electrons. The molecule has 3 nitrogen and oxygen atoms in total. The molecule has 0 saturated carbocycles. The van der Waals surface area contributed by atoms with Crippen LogP contribution in [0.25, 0.3) is 10.6 Å². The Labute approximate surface area is 96.0 Å². The van der Waals surface area contributed by atoms with E-state index in [0.29, 0.717) is 9.52 Å². The minimum atomic E-state index is 0.593. The van der Waals surface area contributed by atoms with E-state index >= 15 is 0 Å². The van der Waals surface area contributed by atoms with Gasteiger partial charge in [-0.25, -0.2) is 4.98 Å². The summed E-state index contributed by atoms with van der Waals surface area (Å²) in [5.41, 5.74) is 1.89. The van der Waals surface area contributed by atoms with Crippen molar-refractivity contribution in [2.24, 2.45) is 0 Å². The minimum absolute atomic E-state index is 0.593. The second-order valence-corrected chi connectivity index (χ2v) is 4.45. The molecule has 0 aromatic carbocycles. The van der Waals surface area contributed by atoms with Crippen LogP contribution in [0.15, 0.2) is 18.5 Å². The predicted molar refractivity (Wildman–Crippen MR) is 62.2 cm³/mol. The molecule has 0 bridgehead atoms. The molecule has 0 spiro atoms. The maximum atomic E-state index is 8.74. The standard InChI is InChI=1S/C10H7N3S2/c1-6-9(12-5-13-10(6)14)8-3-2-7(4-11)15-8/h2-3,5H,1H3,(H,12,13,14). The van der Waals surface area contributed by atoms with Gasteiger partial charge in [-0.3, -0.25) is 0 Å².